The first-order valence-corrected chi connectivity index (χ1v) is 8.45. The summed E-state index contributed by atoms with van der Waals surface area (Å²) in [5, 5.41) is 6.39. The van der Waals surface area contributed by atoms with Crippen LogP contribution in [0.2, 0.25) is 0 Å². The number of nitrogens with zero attached hydrogens (tertiary/aromatic N) is 2. The molecule has 0 aliphatic carbocycles. The van der Waals surface area contributed by atoms with E-state index in [0.29, 0.717) is 27.1 Å². The monoisotopic (exact) mass is 335 g/mol. The van der Waals surface area contributed by atoms with Crippen molar-refractivity contribution in [3.8, 4) is 0 Å². The van der Waals surface area contributed by atoms with Gasteiger partial charge in [-0.3, -0.25) is 0 Å². The first-order valence-electron chi connectivity index (χ1n) is 6.96. The summed E-state index contributed by atoms with van der Waals surface area (Å²) in [5.74, 6) is 0. The molecular weight excluding hydrogens is 316 g/mol. The molecule has 0 saturated carbocycles. The Morgan fingerprint density at radius 2 is 1.83 bits per heavy atom. The van der Waals surface area contributed by atoms with E-state index in [-0.39, 0.29) is 4.90 Å². The molecule has 1 aromatic carbocycles. The molecule has 0 aliphatic heterocycles. The zero-order valence-corrected chi connectivity index (χ0v) is 14.2. The Labute approximate surface area is 134 Å². The van der Waals surface area contributed by atoms with Crippen molar-refractivity contribution in [3.63, 3.8) is 0 Å². The first kappa shape index (κ1) is 16.9. The van der Waals surface area contributed by atoms with E-state index in [9.17, 15) is 13.3 Å². The summed E-state index contributed by atoms with van der Waals surface area (Å²) in [7, 11) is -3.79. The van der Waals surface area contributed by atoms with Crippen LogP contribution in [0.1, 0.15) is 29.3 Å². The van der Waals surface area contributed by atoms with Gasteiger partial charge in [-0.1, -0.05) is 17.7 Å². The van der Waals surface area contributed by atoms with E-state index in [1.54, 1.807) is 32.9 Å². The lowest BCUT2D eigenvalue weighted by atomic mass is 10.1. The minimum absolute atomic E-state index is 0.218. The fourth-order valence-electron chi connectivity index (χ4n) is 2.44. The molecule has 0 aliphatic rings. The maximum absolute atomic E-state index is 12.5. The number of aromatic amines is 1. The summed E-state index contributed by atoms with van der Waals surface area (Å²) >= 11 is 0. The van der Waals surface area contributed by atoms with Crippen molar-refractivity contribution < 1.29 is 13.0 Å². The molecule has 122 valence electrons. The summed E-state index contributed by atoms with van der Waals surface area (Å²) in [6.45, 7) is 7.01. The second kappa shape index (κ2) is 6.33. The van der Waals surface area contributed by atoms with Crippen molar-refractivity contribution in [2.24, 2.45) is 5.10 Å². The predicted molar refractivity (Wildman–Crippen MR) is 87.3 cm³/mol. The van der Waals surface area contributed by atoms with Gasteiger partial charge in [0.15, 0.2) is 4.54 Å². The molecule has 0 amide bonds. The third-order valence-corrected chi connectivity index (χ3v) is 4.82. The van der Waals surface area contributed by atoms with Gasteiger partial charge in [0.25, 0.3) is 16.2 Å². The second-order valence-corrected chi connectivity index (χ2v) is 6.98. The highest BCUT2D eigenvalue weighted by Gasteiger charge is 2.19. The number of sulfonamides is 1. The van der Waals surface area contributed by atoms with Gasteiger partial charge < -0.3 is 0 Å². The van der Waals surface area contributed by atoms with E-state index in [0.717, 1.165) is 5.56 Å². The van der Waals surface area contributed by atoms with Gasteiger partial charge in [-0.2, -0.15) is 18.4 Å². The second-order valence-electron chi connectivity index (χ2n) is 5.38. The quantitative estimate of drug-likeness (QED) is 0.504. The molecule has 0 saturated heterocycles. The summed E-state index contributed by atoms with van der Waals surface area (Å²) in [5.41, 5.74) is 3.08. The molecule has 0 atom stereocenters. The number of aromatic nitrogens is 2. The SMILES string of the molecule is C/C(=N\NS(=O)(=O)c1c(C)cc(C)cc1C)c1ccc[n+](=O)[nH]1. The Morgan fingerprint density at radius 1 is 1.22 bits per heavy atom. The fourth-order valence-corrected chi connectivity index (χ4v) is 3.75. The van der Waals surface area contributed by atoms with E-state index in [2.05, 4.69) is 15.0 Å². The number of hydrazone groups is 1. The fraction of sp³-hybridized carbons (Fsp3) is 0.267. The number of benzene rings is 1. The van der Waals surface area contributed by atoms with Gasteiger partial charge in [-0.15, -0.1) is 5.10 Å². The number of aryl methyl sites for hydroxylation is 3. The maximum Gasteiger partial charge on any atom is 0.277 e. The largest absolute Gasteiger partial charge is 0.277 e. The molecule has 1 heterocycles. The van der Waals surface area contributed by atoms with Crippen LogP contribution in [0.25, 0.3) is 0 Å². The number of nitrogens with one attached hydrogen (secondary N) is 2. The Kier molecular flexibility index (Phi) is 4.65. The van der Waals surface area contributed by atoms with Gasteiger partial charge in [0.05, 0.1) is 15.5 Å². The third-order valence-electron chi connectivity index (χ3n) is 3.31. The normalized spacial score (nSPS) is 12.3. The molecule has 0 spiro atoms. The van der Waals surface area contributed by atoms with Gasteiger partial charge in [0, 0.05) is 6.07 Å². The molecule has 2 rings (SSSR count). The van der Waals surface area contributed by atoms with Crippen molar-refractivity contribution in [3.05, 3.63) is 57.8 Å². The molecule has 0 unspecified atom stereocenters. The van der Waals surface area contributed by atoms with E-state index in [1.165, 1.54) is 6.20 Å². The van der Waals surface area contributed by atoms with Gasteiger partial charge >= 0.3 is 0 Å². The van der Waals surface area contributed by atoms with Crippen molar-refractivity contribution in [1.29, 1.82) is 0 Å². The van der Waals surface area contributed by atoms with Crippen molar-refractivity contribution in [1.82, 2.24) is 9.93 Å². The average molecular weight is 335 g/mol. The molecule has 2 aromatic rings. The van der Waals surface area contributed by atoms with Crippen LogP contribution in [-0.2, 0) is 10.0 Å². The average Bonchev–Trinajstić information content (AvgIpc) is 2.43. The smallest absolute Gasteiger partial charge is 0.200 e. The van der Waals surface area contributed by atoms with Gasteiger partial charge in [0.1, 0.15) is 5.69 Å². The summed E-state index contributed by atoms with van der Waals surface area (Å²) in [4.78, 5) is 13.6. The minimum atomic E-state index is -3.79. The van der Waals surface area contributed by atoms with E-state index >= 15 is 0 Å². The summed E-state index contributed by atoms with van der Waals surface area (Å²) in [6.07, 6.45) is 1.29. The Balaban J connectivity index is 2.36. The number of rotatable bonds is 4. The standard InChI is InChI=1S/C15H19N4O3S/c1-10-8-11(2)15(12(3)9-10)23(21,22)18-16-13(4)14-6-5-7-19(20)17-14/h5-9,18H,1-4H3,(H,17,20)/q+1/b16-13+. The van der Waals surface area contributed by atoms with E-state index in [1.807, 2.05) is 19.1 Å². The van der Waals surface area contributed by atoms with Crippen molar-refractivity contribution >= 4 is 15.7 Å². The lowest BCUT2D eigenvalue weighted by molar-refractivity contribution is -0.564. The lowest BCUT2D eigenvalue weighted by Gasteiger charge is -2.11. The number of hydrogen-bond acceptors (Lipinski definition) is 4. The van der Waals surface area contributed by atoms with E-state index in [4.69, 9.17) is 0 Å². The highest BCUT2D eigenvalue weighted by atomic mass is 32.2. The molecule has 1 aromatic heterocycles. The first-order chi connectivity index (χ1) is 10.7. The summed E-state index contributed by atoms with van der Waals surface area (Å²) < 4.78 is 25.5. The van der Waals surface area contributed by atoms with Crippen LogP contribution in [0.5, 0.6) is 0 Å². The molecular formula is C15H19N4O3S+. The van der Waals surface area contributed by atoms with E-state index < -0.39 is 10.0 Å². The molecule has 0 fully saturated rings. The highest BCUT2D eigenvalue weighted by molar-refractivity contribution is 7.89. The highest BCUT2D eigenvalue weighted by Crippen LogP contribution is 2.21. The van der Waals surface area contributed by atoms with Crippen LogP contribution in [-0.4, -0.2) is 19.2 Å². The van der Waals surface area contributed by atoms with Gasteiger partial charge in [-0.25, -0.2) is 0 Å². The topological polar surface area (TPSA) is 97.3 Å². The molecule has 0 radical (unpaired) electrons. The Bertz CT molecular complexity index is 907. The third kappa shape index (κ3) is 3.84. The van der Waals surface area contributed by atoms with Gasteiger partial charge in [-0.05, 0) is 44.9 Å². The Morgan fingerprint density at radius 3 is 2.39 bits per heavy atom. The van der Waals surface area contributed by atoms with Crippen molar-refractivity contribution in [2.75, 3.05) is 0 Å². The van der Waals surface area contributed by atoms with Gasteiger partial charge in [0.2, 0.25) is 0 Å². The number of H-pyrrole nitrogens is 1. The molecule has 0 bridgehead atoms. The molecule has 23 heavy (non-hydrogen) atoms. The van der Waals surface area contributed by atoms with Crippen LogP contribution in [0.15, 0.2) is 40.5 Å². The van der Waals surface area contributed by atoms with Crippen LogP contribution < -0.4 is 9.37 Å². The Hall–Kier alpha value is -2.48. The van der Waals surface area contributed by atoms with Crippen LogP contribution in [0, 0.1) is 25.7 Å². The molecule has 8 heteroatoms. The lowest BCUT2D eigenvalue weighted by Crippen LogP contribution is -2.24. The van der Waals surface area contributed by atoms with Crippen LogP contribution >= 0.6 is 0 Å². The zero-order chi connectivity index (χ0) is 17.2. The molecule has 2 N–H and O–H groups in total. The van der Waals surface area contributed by atoms with Crippen LogP contribution in [0.4, 0.5) is 0 Å². The predicted octanol–water partition coefficient (Wildman–Crippen LogP) is 1.56. The molecule has 7 nitrogen and oxygen atoms in total. The number of hydrogen-bond donors (Lipinski definition) is 2. The minimum Gasteiger partial charge on any atom is -0.200 e. The zero-order valence-electron chi connectivity index (χ0n) is 13.4. The van der Waals surface area contributed by atoms with Crippen LogP contribution in [0.3, 0.4) is 0 Å². The summed E-state index contributed by atoms with van der Waals surface area (Å²) in [6, 6.07) is 6.79. The maximum atomic E-state index is 12.5. The van der Waals surface area contributed by atoms with Crippen molar-refractivity contribution in [2.45, 2.75) is 32.6 Å².